The molecule has 2 amide bonds. The number of hydrogen-bond donors (Lipinski definition) is 2. The Morgan fingerprint density at radius 3 is 2.39 bits per heavy atom. The summed E-state index contributed by atoms with van der Waals surface area (Å²) in [5.74, 6) is -0.880. The van der Waals surface area contributed by atoms with Crippen LogP contribution in [0.25, 0.3) is 5.69 Å². The zero-order valence-electron chi connectivity index (χ0n) is 15.3. The number of thioether (sulfide) groups is 1. The molecule has 0 aliphatic rings. The zero-order chi connectivity index (χ0) is 19.9. The van der Waals surface area contributed by atoms with Crippen LogP contribution in [0.4, 0.5) is 15.8 Å². The molecule has 28 heavy (non-hydrogen) atoms. The molecular weight excluding hydrogens is 377 g/mol. The Morgan fingerprint density at radius 2 is 1.68 bits per heavy atom. The highest BCUT2D eigenvalue weighted by Gasteiger charge is 2.10. The molecule has 0 unspecified atom stereocenters. The number of aromatic nitrogens is 1. The van der Waals surface area contributed by atoms with Gasteiger partial charge in [0.05, 0.1) is 17.2 Å². The first-order valence-corrected chi connectivity index (χ1v) is 9.84. The summed E-state index contributed by atoms with van der Waals surface area (Å²) >= 11 is 1.17. The van der Waals surface area contributed by atoms with Crippen LogP contribution in [-0.4, -0.2) is 27.9 Å². The summed E-state index contributed by atoms with van der Waals surface area (Å²) in [4.78, 5) is 24.1. The molecule has 3 rings (SSSR count). The van der Waals surface area contributed by atoms with Gasteiger partial charge in [-0.25, -0.2) is 4.39 Å². The van der Waals surface area contributed by atoms with Crippen LogP contribution in [0, 0.1) is 12.7 Å². The molecule has 0 radical (unpaired) electrons. The first kappa shape index (κ1) is 19.7. The maximum Gasteiger partial charge on any atom is 0.234 e. The molecule has 0 aliphatic heterocycles. The van der Waals surface area contributed by atoms with Gasteiger partial charge in [0.1, 0.15) is 5.82 Å². The van der Waals surface area contributed by atoms with E-state index in [0.29, 0.717) is 0 Å². The van der Waals surface area contributed by atoms with Gasteiger partial charge in [-0.05, 0) is 55.0 Å². The average molecular weight is 397 g/mol. The number of halogens is 1. The molecule has 144 valence electrons. The van der Waals surface area contributed by atoms with Gasteiger partial charge in [0.2, 0.25) is 11.8 Å². The topological polar surface area (TPSA) is 63.1 Å². The number of nitrogens with one attached hydrogen (secondary N) is 2. The molecule has 0 spiro atoms. The summed E-state index contributed by atoms with van der Waals surface area (Å²) in [7, 11) is 0. The number of carbonyl (C=O) groups excluding carboxylic acids is 2. The SMILES string of the molecule is Cc1cccc(NC(=O)CSCC(=O)Nc2cc(-n3cccc3)ccc2F)c1. The van der Waals surface area contributed by atoms with Crippen molar-refractivity contribution in [3.05, 3.63) is 78.4 Å². The van der Waals surface area contributed by atoms with Crippen LogP contribution in [-0.2, 0) is 9.59 Å². The Morgan fingerprint density at radius 1 is 0.964 bits per heavy atom. The van der Waals surface area contributed by atoms with E-state index in [-0.39, 0.29) is 29.0 Å². The first-order valence-electron chi connectivity index (χ1n) is 8.68. The van der Waals surface area contributed by atoms with E-state index in [1.54, 1.807) is 12.1 Å². The van der Waals surface area contributed by atoms with Crippen LogP contribution in [0.15, 0.2) is 67.0 Å². The summed E-state index contributed by atoms with van der Waals surface area (Å²) in [5.41, 5.74) is 2.63. The molecule has 0 aliphatic carbocycles. The van der Waals surface area contributed by atoms with Crippen LogP contribution >= 0.6 is 11.8 Å². The van der Waals surface area contributed by atoms with Gasteiger partial charge in [-0.1, -0.05) is 12.1 Å². The number of rotatable bonds is 7. The molecule has 0 saturated carbocycles. The zero-order valence-corrected chi connectivity index (χ0v) is 16.1. The summed E-state index contributed by atoms with van der Waals surface area (Å²) in [6.45, 7) is 1.94. The second-order valence-electron chi connectivity index (χ2n) is 6.21. The monoisotopic (exact) mass is 397 g/mol. The molecule has 0 fully saturated rings. The van der Waals surface area contributed by atoms with Crippen molar-refractivity contribution in [2.75, 3.05) is 22.1 Å². The fraction of sp³-hybridized carbons (Fsp3) is 0.143. The van der Waals surface area contributed by atoms with E-state index in [2.05, 4.69) is 10.6 Å². The highest BCUT2D eigenvalue weighted by molar-refractivity contribution is 8.00. The van der Waals surface area contributed by atoms with Crippen LogP contribution in [0.2, 0.25) is 0 Å². The van der Waals surface area contributed by atoms with Crippen molar-refractivity contribution < 1.29 is 14.0 Å². The lowest BCUT2D eigenvalue weighted by molar-refractivity contribution is -0.114. The van der Waals surface area contributed by atoms with Crippen LogP contribution in [0.1, 0.15) is 5.56 Å². The number of anilines is 2. The van der Waals surface area contributed by atoms with E-state index >= 15 is 0 Å². The van der Waals surface area contributed by atoms with E-state index in [4.69, 9.17) is 0 Å². The predicted molar refractivity (Wildman–Crippen MR) is 111 cm³/mol. The summed E-state index contributed by atoms with van der Waals surface area (Å²) in [6.07, 6.45) is 3.67. The maximum absolute atomic E-state index is 14.0. The fourth-order valence-corrected chi connectivity index (χ4v) is 3.24. The molecule has 2 N–H and O–H groups in total. The Bertz CT molecular complexity index is 974. The van der Waals surface area contributed by atoms with E-state index in [0.717, 1.165) is 16.9 Å². The molecule has 1 heterocycles. The van der Waals surface area contributed by atoms with Gasteiger partial charge in [-0.2, -0.15) is 0 Å². The number of nitrogens with zero attached hydrogens (tertiary/aromatic N) is 1. The Balaban J connectivity index is 1.49. The lowest BCUT2D eigenvalue weighted by Crippen LogP contribution is -2.19. The Labute approximate surface area is 167 Å². The van der Waals surface area contributed by atoms with Crippen molar-refractivity contribution in [3.63, 3.8) is 0 Å². The smallest absolute Gasteiger partial charge is 0.234 e. The number of aryl methyl sites for hydroxylation is 1. The predicted octanol–water partition coefficient (Wildman–Crippen LogP) is 4.24. The van der Waals surface area contributed by atoms with E-state index in [1.165, 1.54) is 17.8 Å². The largest absolute Gasteiger partial charge is 0.325 e. The van der Waals surface area contributed by atoms with Gasteiger partial charge in [0.15, 0.2) is 0 Å². The molecule has 0 saturated heterocycles. The Kier molecular flexibility index (Phi) is 6.49. The molecule has 5 nitrogen and oxygen atoms in total. The van der Waals surface area contributed by atoms with E-state index in [9.17, 15) is 14.0 Å². The van der Waals surface area contributed by atoms with E-state index < -0.39 is 5.82 Å². The molecule has 3 aromatic rings. The second-order valence-corrected chi connectivity index (χ2v) is 7.20. The van der Waals surface area contributed by atoms with Crippen molar-refractivity contribution in [3.8, 4) is 5.69 Å². The quantitative estimate of drug-likeness (QED) is 0.627. The van der Waals surface area contributed by atoms with Crippen molar-refractivity contribution in [1.82, 2.24) is 4.57 Å². The van der Waals surface area contributed by atoms with Gasteiger partial charge in [-0.3, -0.25) is 9.59 Å². The Hall–Kier alpha value is -3.06. The van der Waals surface area contributed by atoms with Crippen molar-refractivity contribution in [2.45, 2.75) is 6.92 Å². The second kappa shape index (κ2) is 9.23. The molecule has 7 heteroatoms. The van der Waals surface area contributed by atoms with Crippen molar-refractivity contribution in [2.24, 2.45) is 0 Å². The summed E-state index contributed by atoms with van der Waals surface area (Å²) in [5, 5.41) is 5.35. The number of carbonyl (C=O) groups is 2. The minimum absolute atomic E-state index is 0.0500. The van der Waals surface area contributed by atoms with Crippen LogP contribution in [0.5, 0.6) is 0 Å². The van der Waals surface area contributed by atoms with E-state index in [1.807, 2.05) is 60.3 Å². The standard InChI is InChI=1S/C21H20FN3O2S/c1-15-5-4-6-16(11-15)23-20(26)13-28-14-21(27)24-19-12-17(7-8-18(19)22)25-9-2-3-10-25/h2-12H,13-14H2,1H3,(H,23,26)(H,24,27). The summed E-state index contributed by atoms with van der Waals surface area (Å²) in [6, 6.07) is 15.7. The van der Waals surface area contributed by atoms with Gasteiger partial charge >= 0.3 is 0 Å². The highest BCUT2D eigenvalue weighted by atomic mass is 32.2. The third-order valence-corrected chi connectivity index (χ3v) is 4.83. The van der Waals surface area contributed by atoms with Gasteiger partial charge in [0, 0.05) is 23.8 Å². The normalized spacial score (nSPS) is 10.5. The van der Waals surface area contributed by atoms with Gasteiger partial charge < -0.3 is 15.2 Å². The molecule has 2 aromatic carbocycles. The number of benzene rings is 2. The molecule has 1 aromatic heterocycles. The minimum Gasteiger partial charge on any atom is -0.325 e. The molecule has 0 bridgehead atoms. The lowest BCUT2D eigenvalue weighted by atomic mass is 10.2. The summed E-state index contributed by atoms with van der Waals surface area (Å²) < 4.78 is 15.8. The fourth-order valence-electron chi connectivity index (χ4n) is 2.62. The first-order chi connectivity index (χ1) is 13.5. The third-order valence-electron chi connectivity index (χ3n) is 3.89. The maximum atomic E-state index is 14.0. The minimum atomic E-state index is -0.508. The van der Waals surface area contributed by atoms with Gasteiger partial charge in [0.25, 0.3) is 0 Å². The van der Waals surface area contributed by atoms with Gasteiger partial charge in [-0.15, -0.1) is 11.8 Å². The number of amides is 2. The number of hydrogen-bond acceptors (Lipinski definition) is 3. The van der Waals surface area contributed by atoms with Crippen molar-refractivity contribution in [1.29, 1.82) is 0 Å². The average Bonchev–Trinajstić information content (AvgIpc) is 3.18. The third kappa shape index (κ3) is 5.47. The molecular formula is C21H20FN3O2S. The lowest BCUT2D eigenvalue weighted by Gasteiger charge is -2.10. The molecule has 0 atom stereocenters. The van der Waals surface area contributed by atoms with Crippen molar-refractivity contribution >= 4 is 35.0 Å². The highest BCUT2D eigenvalue weighted by Crippen LogP contribution is 2.19. The van der Waals surface area contributed by atoms with Crippen LogP contribution in [0.3, 0.4) is 0 Å². The van der Waals surface area contributed by atoms with Crippen LogP contribution < -0.4 is 10.6 Å².